The molecule has 1 unspecified atom stereocenters. The SMILES string of the molecule is NC(Cn1cncn1)C1C2CC3CC(C2)CC1C3. The van der Waals surface area contributed by atoms with Gasteiger partial charge < -0.3 is 5.73 Å². The molecule has 0 aliphatic heterocycles. The van der Waals surface area contributed by atoms with Gasteiger partial charge in [0.15, 0.2) is 0 Å². The second-order valence-electron chi connectivity index (χ2n) is 6.79. The van der Waals surface area contributed by atoms with Crippen molar-refractivity contribution in [2.24, 2.45) is 35.3 Å². The van der Waals surface area contributed by atoms with Gasteiger partial charge in [-0.05, 0) is 61.7 Å². The topological polar surface area (TPSA) is 56.7 Å². The van der Waals surface area contributed by atoms with E-state index >= 15 is 0 Å². The smallest absolute Gasteiger partial charge is 0.137 e. The minimum atomic E-state index is 0.265. The minimum absolute atomic E-state index is 0.265. The number of nitrogens with two attached hydrogens (primary N) is 1. The Kier molecular flexibility index (Phi) is 2.47. The highest BCUT2D eigenvalue weighted by Gasteiger charge is 2.49. The highest BCUT2D eigenvalue weighted by Crippen LogP contribution is 2.57. The number of hydrogen-bond acceptors (Lipinski definition) is 3. The molecule has 4 aliphatic rings. The van der Waals surface area contributed by atoms with Crippen LogP contribution in [0.1, 0.15) is 32.1 Å². The van der Waals surface area contributed by atoms with Gasteiger partial charge >= 0.3 is 0 Å². The quantitative estimate of drug-likeness (QED) is 0.882. The highest BCUT2D eigenvalue weighted by atomic mass is 15.3. The average molecular weight is 246 g/mol. The van der Waals surface area contributed by atoms with Crippen molar-refractivity contribution in [2.75, 3.05) is 0 Å². The molecule has 4 saturated carbocycles. The zero-order chi connectivity index (χ0) is 12.1. The lowest BCUT2D eigenvalue weighted by atomic mass is 9.50. The maximum atomic E-state index is 6.50. The van der Waals surface area contributed by atoms with Crippen molar-refractivity contribution in [1.29, 1.82) is 0 Å². The van der Waals surface area contributed by atoms with Crippen LogP contribution in [-0.2, 0) is 6.54 Å². The van der Waals surface area contributed by atoms with Crippen LogP contribution in [0.2, 0.25) is 0 Å². The van der Waals surface area contributed by atoms with Crippen LogP contribution >= 0.6 is 0 Å². The van der Waals surface area contributed by atoms with E-state index in [4.69, 9.17) is 5.73 Å². The largest absolute Gasteiger partial charge is 0.326 e. The molecule has 5 rings (SSSR count). The predicted octanol–water partition coefficient (Wildman–Crippen LogP) is 1.68. The molecule has 0 aromatic carbocycles. The van der Waals surface area contributed by atoms with Crippen molar-refractivity contribution < 1.29 is 0 Å². The van der Waals surface area contributed by atoms with Crippen LogP contribution in [0.15, 0.2) is 12.7 Å². The van der Waals surface area contributed by atoms with E-state index in [2.05, 4.69) is 10.1 Å². The van der Waals surface area contributed by atoms with Crippen LogP contribution in [-0.4, -0.2) is 20.8 Å². The Morgan fingerprint density at radius 1 is 1.11 bits per heavy atom. The van der Waals surface area contributed by atoms with Crippen LogP contribution in [0.3, 0.4) is 0 Å². The van der Waals surface area contributed by atoms with Crippen molar-refractivity contribution in [1.82, 2.24) is 14.8 Å². The predicted molar refractivity (Wildman–Crippen MR) is 68.5 cm³/mol. The molecular formula is C14H22N4. The molecule has 1 aromatic heterocycles. The summed E-state index contributed by atoms with van der Waals surface area (Å²) in [6.45, 7) is 0.840. The highest BCUT2D eigenvalue weighted by molar-refractivity contribution is 5.00. The van der Waals surface area contributed by atoms with Crippen LogP contribution in [0, 0.1) is 29.6 Å². The fraction of sp³-hybridized carbons (Fsp3) is 0.857. The summed E-state index contributed by atoms with van der Waals surface area (Å²) in [5.41, 5.74) is 6.50. The zero-order valence-electron chi connectivity index (χ0n) is 10.8. The van der Waals surface area contributed by atoms with Crippen LogP contribution in [0.5, 0.6) is 0 Å². The Morgan fingerprint density at radius 2 is 1.78 bits per heavy atom. The Hall–Kier alpha value is -0.900. The molecule has 1 heterocycles. The molecule has 4 aliphatic carbocycles. The Morgan fingerprint density at radius 3 is 2.33 bits per heavy atom. The van der Waals surface area contributed by atoms with Crippen LogP contribution < -0.4 is 5.73 Å². The molecule has 0 amide bonds. The average Bonchev–Trinajstić information content (AvgIpc) is 2.80. The molecule has 4 nitrogen and oxygen atoms in total. The van der Waals surface area contributed by atoms with Gasteiger partial charge in [0.25, 0.3) is 0 Å². The standard InChI is InChI=1S/C14H22N4/c15-13(6-18-8-16-7-17-18)14-11-2-9-1-10(4-11)5-12(14)3-9/h7-14H,1-6,15H2. The normalized spacial score (nSPS) is 43.3. The van der Waals surface area contributed by atoms with Gasteiger partial charge in [0.2, 0.25) is 0 Å². The van der Waals surface area contributed by atoms with E-state index < -0.39 is 0 Å². The minimum Gasteiger partial charge on any atom is -0.326 e. The van der Waals surface area contributed by atoms with E-state index in [1.54, 1.807) is 12.7 Å². The van der Waals surface area contributed by atoms with E-state index in [0.29, 0.717) is 0 Å². The van der Waals surface area contributed by atoms with Crippen LogP contribution in [0.4, 0.5) is 0 Å². The first-order valence-corrected chi connectivity index (χ1v) is 7.37. The molecule has 4 fully saturated rings. The van der Waals surface area contributed by atoms with Crippen molar-refractivity contribution in [2.45, 2.75) is 44.7 Å². The monoisotopic (exact) mass is 246 g/mol. The fourth-order valence-electron chi connectivity index (χ4n) is 5.33. The van der Waals surface area contributed by atoms with E-state index in [1.165, 1.54) is 32.1 Å². The first-order valence-electron chi connectivity index (χ1n) is 7.37. The molecule has 0 saturated heterocycles. The van der Waals surface area contributed by atoms with E-state index in [0.717, 1.165) is 36.1 Å². The van der Waals surface area contributed by atoms with Crippen LogP contribution in [0.25, 0.3) is 0 Å². The van der Waals surface area contributed by atoms with Gasteiger partial charge in [0.05, 0.1) is 6.54 Å². The summed E-state index contributed by atoms with van der Waals surface area (Å²) in [4.78, 5) is 4.01. The summed E-state index contributed by atoms with van der Waals surface area (Å²) in [5, 5.41) is 4.19. The summed E-state index contributed by atoms with van der Waals surface area (Å²) < 4.78 is 1.90. The number of rotatable bonds is 3. The third-order valence-corrected chi connectivity index (χ3v) is 5.66. The van der Waals surface area contributed by atoms with E-state index in [-0.39, 0.29) is 6.04 Å². The van der Waals surface area contributed by atoms with Gasteiger partial charge in [-0.3, -0.25) is 4.68 Å². The summed E-state index contributed by atoms with van der Waals surface area (Å²) in [5.74, 6) is 4.60. The molecule has 0 spiro atoms. The molecular weight excluding hydrogens is 224 g/mol. The Bertz CT molecular complexity index is 385. The molecule has 1 aromatic rings. The molecule has 4 heteroatoms. The van der Waals surface area contributed by atoms with Gasteiger partial charge in [-0.2, -0.15) is 5.10 Å². The second-order valence-corrected chi connectivity index (χ2v) is 6.79. The van der Waals surface area contributed by atoms with Gasteiger partial charge in [-0.15, -0.1) is 0 Å². The Labute approximate surface area is 108 Å². The summed E-state index contributed by atoms with van der Waals surface area (Å²) in [6, 6.07) is 0.265. The lowest BCUT2D eigenvalue weighted by Crippen LogP contribution is -2.52. The summed E-state index contributed by atoms with van der Waals surface area (Å²) in [6.07, 6.45) is 10.7. The second kappa shape index (κ2) is 4.05. The van der Waals surface area contributed by atoms with Gasteiger partial charge in [0, 0.05) is 6.04 Å². The molecule has 0 radical (unpaired) electrons. The number of hydrogen-bond donors (Lipinski definition) is 1. The maximum absolute atomic E-state index is 6.50. The first-order chi connectivity index (χ1) is 8.79. The van der Waals surface area contributed by atoms with Crippen molar-refractivity contribution in [3.63, 3.8) is 0 Å². The Balaban J connectivity index is 1.50. The molecule has 18 heavy (non-hydrogen) atoms. The number of nitrogens with zero attached hydrogens (tertiary/aromatic N) is 3. The van der Waals surface area contributed by atoms with E-state index in [9.17, 15) is 0 Å². The van der Waals surface area contributed by atoms with Crippen molar-refractivity contribution >= 4 is 0 Å². The molecule has 1 atom stereocenters. The number of aromatic nitrogens is 3. The third kappa shape index (κ3) is 1.69. The third-order valence-electron chi connectivity index (χ3n) is 5.66. The molecule has 4 bridgehead atoms. The van der Waals surface area contributed by atoms with Gasteiger partial charge in [-0.1, -0.05) is 0 Å². The lowest BCUT2D eigenvalue weighted by molar-refractivity contribution is -0.0489. The van der Waals surface area contributed by atoms with Gasteiger partial charge in [-0.25, -0.2) is 4.98 Å². The first kappa shape index (κ1) is 11.0. The zero-order valence-corrected chi connectivity index (χ0v) is 10.8. The summed E-state index contributed by atoms with van der Waals surface area (Å²) >= 11 is 0. The fourth-order valence-corrected chi connectivity index (χ4v) is 5.33. The maximum Gasteiger partial charge on any atom is 0.137 e. The lowest BCUT2D eigenvalue weighted by Gasteiger charge is -2.56. The van der Waals surface area contributed by atoms with E-state index in [1.807, 2.05) is 4.68 Å². The van der Waals surface area contributed by atoms with Crippen molar-refractivity contribution in [3.8, 4) is 0 Å². The molecule has 2 N–H and O–H groups in total. The molecule has 98 valence electrons. The van der Waals surface area contributed by atoms with Gasteiger partial charge in [0.1, 0.15) is 12.7 Å². The summed E-state index contributed by atoms with van der Waals surface area (Å²) in [7, 11) is 0. The van der Waals surface area contributed by atoms with Crippen molar-refractivity contribution in [3.05, 3.63) is 12.7 Å².